The zero-order valence-electron chi connectivity index (χ0n) is 12.5. The number of hydrogen-bond donors (Lipinski definition) is 2. The summed E-state index contributed by atoms with van der Waals surface area (Å²) in [6, 6.07) is 8.87. The van der Waals surface area contributed by atoms with Crippen LogP contribution in [-0.2, 0) is 26.0 Å². The molecular formula is C15H15ClN2O5S. The molecule has 24 heavy (non-hydrogen) atoms. The second-order valence-corrected chi connectivity index (χ2v) is 7.27. The van der Waals surface area contributed by atoms with Crippen LogP contribution >= 0.6 is 11.6 Å². The third-order valence-corrected chi connectivity index (χ3v) is 4.86. The molecule has 0 saturated heterocycles. The van der Waals surface area contributed by atoms with Crippen molar-refractivity contribution in [2.45, 2.75) is 11.4 Å². The molecule has 1 heterocycles. The van der Waals surface area contributed by atoms with E-state index in [9.17, 15) is 18.0 Å². The molecule has 0 radical (unpaired) electrons. The average Bonchev–Trinajstić information content (AvgIpc) is 3.04. The number of furan rings is 1. The number of benzene rings is 1. The molecule has 0 fully saturated rings. The Hall–Kier alpha value is -2.32. The number of nitrogens with one attached hydrogen (secondary N) is 2. The number of sulfone groups is 1. The van der Waals surface area contributed by atoms with Gasteiger partial charge in [-0.25, -0.2) is 8.42 Å². The van der Waals surface area contributed by atoms with Crippen LogP contribution in [-0.4, -0.2) is 32.5 Å². The molecule has 128 valence electrons. The highest BCUT2D eigenvalue weighted by atomic mass is 35.5. The molecular weight excluding hydrogens is 356 g/mol. The Morgan fingerprint density at radius 3 is 2.38 bits per heavy atom. The average molecular weight is 371 g/mol. The van der Waals surface area contributed by atoms with E-state index < -0.39 is 27.4 Å². The Morgan fingerprint density at radius 1 is 1.04 bits per heavy atom. The van der Waals surface area contributed by atoms with Crippen LogP contribution in [0.2, 0.25) is 5.02 Å². The van der Waals surface area contributed by atoms with Gasteiger partial charge < -0.3 is 15.1 Å². The van der Waals surface area contributed by atoms with E-state index in [4.69, 9.17) is 16.0 Å². The van der Waals surface area contributed by atoms with Gasteiger partial charge in [-0.2, -0.15) is 0 Å². The van der Waals surface area contributed by atoms with Crippen molar-refractivity contribution in [1.82, 2.24) is 10.6 Å². The first-order chi connectivity index (χ1) is 11.4. The van der Waals surface area contributed by atoms with Crippen LogP contribution < -0.4 is 10.6 Å². The Kier molecular flexibility index (Phi) is 5.99. The van der Waals surface area contributed by atoms with Crippen molar-refractivity contribution >= 4 is 33.3 Å². The molecule has 0 aliphatic carbocycles. The maximum atomic E-state index is 12.1. The summed E-state index contributed by atoms with van der Waals surface area (Å²) in [6.07, 6.45) is 1.48. The topological polar surface area (TPSA) is 105 Å². The molecule has 2 rings (SSSR count). The number of halogens is 1. The monoisotopic (exact) mass is 370 g/mol. The molecule has 1 aromatic heterocycles. The lowest BCUT2D eigenvalue weighted by Gasteiger charge is -2.07. The minimum Gasteiger partial charge on any atom is -0.467 e. The maximum absolute atomic E-state index is 12.1. The molecule has 2 N–H and O–H groups in total. The summed E-state index contributed by atoms with van der Waals surface area (Å²) in [4.78, 5) is 23.3. The predicted octanol–water partition coefficient (Wildman–Crippen LogP) is 1.14. The minimum absolute atomic E-state index is 0.00989. The van der Waals surface area contributed by atoms with E-state index in [2.05, 4.69) is 10.6 Å². The Balaban J connectivity index is 1.79. The van der Waals surface area contributed by atoms with Crippen molar-refractivity contribution in [2.75, 3.05) is 12.3 Å². The summed E-state index contributed by atoms with van der Waals surface area (Å²) in [5.74, 6) is -1.40. The molecule has 2 aromatic rings. The number of rotatable bonds is 7. The van der Waals surface area contributed by atoms with Crippen LogP contribution in [0.1, 0.15) is 5.76 Å². The lowest BCUT2D eigenvalue weighted by Crippen LogP contribution is -2.39. The van der Waals surface area contributed by atoms with Crippen molar-refractivity contribution in [3.05, 3.63) is 53.4 Å². The molecule has 0 atom stereocenters. The zero-order chi connectivity index (χ0) is 17.6. The van der Waals surface area contributed by atoms with Gasteiger partial charge in [0.1, 0.15) is 11.5 Å². The lowest BCUT2D eigenvalue weighted by atomic mass is 10.4. The van der Waals surface area contributed by atoms with Gasteiger partial charge in [-0.15, -0.1) is 0 Å². The van der Waals surface area contributed by atoms with Gasteiger partial charge >= 0.3 is 0 Å². The Labute approximate surface area is 143 Å². The van der Waals surface area contributed by atoms with E-state index in [0.29, 0.717) is 10.8 Å². The summed E-state index contributed by atoms with van der Waals surface area (Å²) in [6.45, 7) is -0.138. The number of amides is 2. The molecule has 2 amide bonds. The van der Waals surface area contributed by atoms with Gasteiger partial charge in [-0.3, -0.25) is 9.59 Å². The van der Waals surface area contributed by atoms with Crippen molar-refractivity contribution in [1.29, 1.82) is 0 Å². The lowest BCUT2D eigenvalue weighted by molar-refractivity contribution is -0.125. The highest BCUT2D eigenvalue weighted by molar-refractivity contribution is 7.92. The molecule has 0 aliphatic heterocycles. The molecule has 9 heteroatoms. The van der Waals surface area contributed by atoms with Gasteiger partial charge in [-0.05, 0) is 36.4 Å². The zero-order valence-corrected chi connectivity index (χ0v) is 14.1. The van der Waals surface area contributed by atoms with Gasteiger partial charge in [0.25, 0.3) is 0 Å². The smallest absolute Gasteiger partial charge is 0.239 e. The molecule has 0 saturated carbocycles. The summed E-state index contributed by atoms with van der Waals surface area (Å²) in [5, 5.41) is 5.19. The van der Waals surface area contributed by atoms with E-state index >= 15 is 0 Å². The predicted molar refractivity (Wildman–Crippen MR) is 87.1 cm³/mol. The van der Waals surface area contributed by atoms with E-state index in [0.717, 1.165) is 0 Å². The van der Waals surface area contributed by atoms with Gasteiger partial charge in [0.05, 0.1) is 24.2 Å². The molecule has 0 spiro atoms. The second-order valence-electron chi connectivity index (χ2n) is 4.85. The van der Waals surface area contributed by atoms with Crippen molar-refractivity contribution < 1.29 is 22.4 Å². The fraction of sp³-hybridized carbons (Fsp3) is 0.200. The Morgan fingerprint density at radius 2 is 1.75 bits per heavy atom. The maximum Gasteiger partial charge on any atom is 0.239 e. The van der Waals surface area contributed by atoms with Gasteiger partial charge in [0.15, 0.2) is 9.84 Å². The Bertz CT molecular complexity index is 801. The molecule has 0 aliphatic rings. The van der Waals surface area contributed by atoms with E-state index in [1.165, 1.54) is 30.5 Å². The van der Waals surface area contributed by atoms with Gasteiger partial charge in [0, 0.05) is 5.02 Å². The van der Waals surface area contributed by atoms with Crippen LogP contribution in [0.3, 0.4) is 0 Å². The van der Waals surface area contributed by atoms with Crippen LogP contribution in [0.15, 0.2) is 52.0 Å². The molecule has 0 bridgehead atoms. The first kappa shape index (κ1) is 18.0. The van der Waals surface area contributed by atoms with Crippen molar-refractivity contribution in [3.63, 3.8) is 0 Å². The van der Waals surface area contributed by atoms with E-state index in [1.807, 2.05) is 0 Å². The molecule has 7 nitrogen and oxygen atoms in total. The summed E-state index contributed by atoms with van der Waals surface area (Å²) < 4.78 is 29.2. The van der Waals surface area contributed by atoms with Crippen molar-refractivity contribution in [3.8, 4) is 0 Å². The number of carbonyl (C=O) groups is 2. The van der Waals surface area contributed by atoms with E-state index in [1.54, 1.807) is 12.1 Å². The quantitative estimate of drug-likeness (QED) is 0.760. The third-order valence-electron chi connectivity index (χ3n) is 2.98. The van der Waals surface area contributed by atoms with E-state index in [-0.39, 0.29) is 18.0 Å². The largest absolute Gasteiger partial charge is 0.467 e. The summed E-state index contributed by atoms with van der Waals surface area (Å²) in [7, 11) is -3.79. The van der Waals surface area contributed by atoms with Crippen LogP contribution in [0, 0.1) is 0 Å². The third kappa shape index (κ3) is 5.39. The fourth-order valence-corrected chi connectivity index (χ4v) is 3.08. The highest BCUT2D eigenvalue weighted by Gasteiger charge is 2.19. The summed E-state index contributed by atoms with van der Waals surface area (Å²) in [5.41, 5.74) is 0. The standard InChI is InChI=1S/C15H15ClN2O5S/c16-11-3-5-13(6-4-11)24(21,22)10-15(20)18-9-14(19)17-8-12-2-1-7-23-12/h1-7H,8-10H2,(H,17,19)(H,18,20). The number of carbonyl (C=O) groups excluding carboxylic acids is 2. The van der Waals surface area contributed by atoms with Crippen LogP contribution in [0.25, 0.3) is 0 Å². The van der Waals surface area contributed by atoms with Crippen LogP contribution in [0.4, 0.5) is 0 Å². The minimum atomic E-state index is -3.79. The normalized spacial score (nSPS) is 11.0. The van der Waals surface area contributed by atoms with Crippen LogP contribution in [0.5, 0.6) is 0 Å². The second kappa shape index (κ2) is 7.98. The SMILES string of the molecule is O=C(CNC(=O)CS(=O)(=O)c1ccc(Cl)cc1)NCc1ccco1. The first-order valence-corrected chi connectivity index (χ1v) is 8.94. The first-order valence-electron chi connectivity index (χ1n) is 6.91. The van der Waals surface area contributed by atoms with Crippen molar-refractivity contribution in [2.24, 2.45) is 0 Å². The fourth-order valence-electron chi connectivity index (χ4n) is 1.79. The van der Waals surface area contributed by atoms with Gasteiger partial charge in [-0.1, -0.05) is 11.6 Å². The molecule has 0 unspecified atom stereocenters. The number of hydrogen-bond acceptors (Lipinski definition) is 5. The highest BCUT2D eigenvalue weighted by Crippen LogP contribution is 2.15. The molecule has 1 aromatic carbocycles. The van der Waals surface area contributed by atoms with Gasteiger partial charge in [0.2, 0.25) is 11.8 Å². The summed E-state index contributed by atoms with van der Waals surface area (Å²) >= 11 is 5.69.